The second-order valence-electron chi connectivity index (χ2n) is 8.56. The molecule has 1 unspecified atom stereocenters. The number of hydrogen-bond donors (Lipinski definition) is 1. The molecule has 2 aliphatic rings. The fourth-order valence-electron chi connectivity index (χ4n) is 4.73. The second kappa shape index (κ2) is 7.69. The number of benzene rings is 2. The molecule has 2 aromatic carbocycles. The fraction of sp³-hybridized carbons (Fsp3) is 0.320. The van der Waals surface area contributed by atoms with E-state index in [0.29, 0.717) is 17.5 Å². The third kappa shape index (κ3) is 3.52. The summed E-state index contributed by atoms with van der Waals surface area (Å²) in [6, 6.07) is 13.2. The highest BCUT2D eigenvalue weighted by Gasteiger charge is 2.24. The zero-order valence-electron chi connectivity index (χ0n) is 17.6. The summed E-state index contributed by atoms with van der Waals surface area (Å²) in [6.45, 7) is 3.78. The number of nitrogens with one attached hydrogen (secondary N) is 1. The van der Waals surface area contributed by atoms with Gasteiger partial charge in [-0.1, -0.05) is 24.3 Å². The van der Waals surface area contributed by atoms with Gasteiger partial charge in [0.2, 0.25) is 11.3 Å². The summed E-state index contributed by atoms with van der Waals surface area (Å²) < 4.78 is 2.04. The molecule has 0 saturated carbocycles. The van der Waals surface area contributed by atoms with Gasteiger partial charge in [-0.3, -0.25) is 14.4 Å². The van der Waals surface area contributed by atoms with E-state index in [1.165, 1.54) is 0 Å². The van der Waals surface area contributed by atoms with E-state index in [2.05, 4.69) is 12.2 Å². The number of carbonyl (C=O) groups is 2. The molecule has 5 rings (SSSR count). The number of pyridine rings is 1. The van der Waals surface area contributed by atoms with Gasteiger partial charge in [-0.2, -0.15) is 0 Å². The smallest absolute Gasteiger partial charge is 0.261 e. The molecule has 2 amide bonds. The average Bonchev–Trinajstić information content (AvgIpc) is 3.41. The van der Waals surface area contributed by atoms with Crippen LogP contribution in [0.4, 0.5) is 5.69 Å². The molecule has 1 atom stereocenters. The van der Waals surface area contributed by atoms with Crippen molar-refractivity contribution in [2.75, 3.05) is 18.4 Å². The summed E-state index contributed by atoms with van der Waals surface area (Å²) >= 11 is 0. The Morgan fingerprint density at radius 3 is 2.55 bits per heavy atom. The van der Waals surface area contributed by atoms with Crippen LogP contribution in [0.3, 0.4) is 0 Å². The van der Waals surface area contributed by atoms with Gasteiger partial charge in [0.25, 0.3) is 5.91 Å². The minimum absolute atomic E-state index is 0.144. The molecule has 3 aromatic rings. The molecule has 1 N–H and O–H groups in total. The van der Waals surface area contributed by atoms with Crippen LogP contribution in [-0.4, -0.2) is 34.4 Å². The molecule has 1 saturated heterocycles. The maximum Gasteiger partial charge on any atom is 0.261 e. The summed E-state index contributed by atoms with van der Waals surface area (Å²) in [5.74, 6) is -0.272. The Hall–Kier alpha value is -3.41. The minimum Gasteiger partial charge on any atom is -0.343 e. The first-order valence-corrected chi connectivity index (χ1v) is 10.9. The number of anilines is 1. The maximum atomic E-state index is 13.0. The molecule has 6 nitrogen and oxygen atoms in total. The molecule has 1 aromatic heterocycles. The summed E-state index contributed by atoms with van der Waals surface area (Å²) in [4.78, 5) is 40.1. The lowest BCUT2D eigenvalue weighted by Crippen LogP contribution is -2.29. The van der Waals surface area contributed by atoms with E-state index in [0.717, 1.165) is 49.0 Å². The van der Waals surface area contributed by atoms with E-state index < -0.39 is 5.91 Å². The van der Waals surface area contributed by atoms with E-state index in [4.69, 9.17) is 0 Å². The van der Waals surface area contributed by atoms with E-state index in [-0.39, 0.29) is 22.9 Å². The first-order valence-electron chi connectivity index (χ1n) is 10.9. The zero-order valence-corrected chi connectivity index (χ0v) is 17.6. The van der Waals surface area contributed by atoms with Gasteiger partial charge < -0.3 is 14.8 Å². The Kier molecular flexibility index (Phi) is 4.85. The summed E-state index contributed by atoms with van der Waals surface area (Å²) in [6.07, 6.45) is 5.06. The zero-order chi connectivity index (χ0) is 21.5. The number of likely N-dealkylation sites (tertiary alicyclic amines) is 1. The predicted octanol–water partition coefficient (Wildman–Crippen LogP) is 3.54. The molecular weight excluding hydrogens is 390 g/mol. The molecule has 31 heavy (non-hydrogen) atoms. The molecule has 6 heteroatoms. The number of hydrogen-bond acceptors (Lipinski definition) is 3. The molecule has 1 fully saturated rings. The molecule has 0 aliphatic carbocycles. The normalized spacial score (nSPS) is 17.3. The molecule has 0 bridgehead atoms. The maximum absolute atomic E-state index is 13.0. The monoisotopic (exact) mass is 415 g/mol. The van der Waals surface area contributed by atoms with Crippen LogP contribution in [0.15, 0.2) is 53.5 Å². The standard InChI is InChI=1S/C25H25N3O3/c1-16-13-18-5-4-6-20-23(18)28(16)15-21(24(20)30)25(31)26-19-9-7-17(8-10-19)14-22(29)27-11-2-3-12-27/h4-10,15-16H,2-3,11-14H2,1H3,(H,26,31). The molecule has 3 heterocycles. The van der Waals surface area contributed by atoms with Crippen LogP contribution in [0.1, 0.15) is 47.3 Å². The molecule has 158 valence electrons. The number of para-hydroxylation sites is 1. The lowest BCUT2D eigenvalue weighted by Gasteiger charge is -2.15. The van der Waals surface area contributed by atoms with Crippen molar-refractivity contribution in [3.63, 3.8) is 0 Å². The van der Waals surface area contributed by atoms with Gasteiger partial charge >= 0.3 is 0 Å². The highest BCUT2D eigenvalue weighted by Crippen LogP contribution is 2.31. The van der Waals surface area contributed by atoms with Crippen molar-refractivity contribution >= 4 is 28.4 Å². The van der Waals surface area contributed by atoms with Gasteiger partial charge in [0.15, 0.2) is 0 Å². The van der Waals surface area contributed by atoms with Crippen LogP contribution in [0.2, 0.25) is 0 Å². The number of carbonyl (C=O) groups excluding carboxylic acids is 2. The summed E-state index contributed by atoms with van der Waals surface area (Å²) in [7, 11) is 0. The highest BCUT2D eigenvalue weighted by atomic mass is 16.2. The Bertz CT molecular complexity index is 1240. The lowest BCUT2D eigenvalue weighted by atomic mass is 10.1. The van der Waals surface area contributed by atoms with Crippen molar-refractivity contribution in [1.29, 1.82) is 0 Å². The molecule has 2 aliphatic heterocycles. The van der Waals surface area contributed by atoms with Crippen molar-refractivity contribution in [2.24, 2.45) is 0 Å². The van der Waals surface area contributed by atoms with Gasteiger partial charge in [0.1, 0.15) is 5.56 Å². The second-order valence-corrected chi connectivity index (χ2v) is 8.56. The third-order valence-electron chi connectivity index (χ3n) is 6.40. The highest BCUT2D eigenvalue weighted by molar-refractivity contribution is 6.06. The van der Waals surface area contributed by atoms with E-state index in [1.807, 2.05) is 33.7 Å². The van der Waals surface area contributed by atoms with Gasteiger partial charge in [0, 0.05) is 36.4 Å². The molecule has 0 radical (unpaired) electrons. The van der Waals surface area contributed by atoms with Crippen LogP contribution in [0.5, 0.6) is 0 Å². The largest absolute Gasteiger partial charge is 0.343 e. The Balaban J connectivity index is 1.35. The molecule has 0 spiro atoms. The van der Waals surface area contributed by atoms with Crippen LogP contribution in [0.25, 0.3) is 10.9 Å². The Morgan fingerprint density at radius 2 is 1.81 bits per heavy atom. The van der Waals surface area contributed by atoms with Crippen molar-refractivity contribution in [2.45, 2.75) is 38.6 Å². The Morgan fingerprint density at radius 1 is 1.06 bits per heavy atom. The number of amides is 2. The first-order chi connectivity index (χ1) is 15.0. The van der Waals surface area contributed by atoms with Crippen molar-refractivity contribution in [1.82, 2.24) is 9.47 Å². The van der Waals surface area contributed by atoms with Gasteiger partial charge in [-0.15, -0.1) is 0 Å². The van der Waals surface area contributed by atoms with Crippen LogP contribution >= 0.6 is 0 Å². The van der Waals surface area contributed by atoms with E-state index >= 15 is 0 Å². The average molecular weight is 415 g/mol. The van der Waals surface area contributed by atoms with E-state index in [1.54, 1.807) is 24.4 Å². The van der Waals surface area contributed by atoms with Crippen LogP contribution in [-0.2, 0) is 17.6 Å². The Labute approximate surface area is 180 Å². The summed E-state index contributed by atoms with van der Waals surface area (Å²) in [5.41, 5.74) is 3.50. The topological polar surface area (TPSA) is 71.4 Å². The minimum atomic E-state index is -0.416. The molecular formula is C25H25N3O3. The van der Waals surface area contributed by atoms with Crippen LogP contribution < -0.4 is 10.7 Å². The summed E-state index contributed by atoms with van der Waals surface area (Å²) in [5, 5.41) is 3.42. The SMILES string of the molecule is CC1Cc2cccc3c(=O)c(C(=O)Nc4ccc(CC(=O)N5CCCC5)cc4)cn1c23. The third-order valence-corrected chi connectivity index (χ3v) is 6.40. The number of aromatic nitrogens is 1. The van der Waals surface area contributed by atoms with E-state index in [9.17, 15) is 14.4 Å². The van der Waals surface area contributed by atoms with Crippen molar-refractivity contribution < 1.29 is 9.59 Å². The number of nitrogens with zero attached hydrogens (tertiary/aromatic N) is 2. The lowest BCUT2D eigenvalue weighted by molar-refractivity contribution is -0.129. The fourth-order valence-corrected chi connectivity index (χ4v) is 4.73. The number of rotatable bonds is 4. The first kappa shape index (κ1) is 19.5. The van der Waals surface area contributed by atoms with Crippen LogP contribution in [0, 0.1) is 0 Å². The van der Waals surface area contributed by atoms with Crippen molar-refractivity contribution in [3.05, 3.63) is 75.6 Å². The van der Waals surface area contributed by atoms with Crippen molar-refractivity contribution in [3.8, 4) is 0 Å². The van der Waals surface area contributed by atoms with Gasteiger partial charge in [-0.25, -0.2) is 0 Å². The van der Waals surface area contributed by atoms with Gasteiger partial charge in [-0.05, 0) is 55.5 Å². The predicted molar refractivity (Wildman–Crippen MR) is 121 cm³/mol. The quantitative estimate of drug-likeness (QED) is 0.709. The van der Waals surface area contributed by atoms with Gasteiger partial charge in [0.05, 0.1) is 11.9 Å².